The fraction of sp³-hybridized carbons (Fsp3) is 0.500. The molecule has 0 amide bonds. The predicted octanol–water partition coefficient (Wildman–Crippen LogP) is 1.99. The molecule has 1 unspecified atom stereocenters. The van der Waals surface area contributed by atoms with Gasteiger partial charge in [-0.25, -0.2) is 9.67 Å². The molecule has 7 nitrogen and oxygen atoms in total. The summed E-state index contributed by atoms with van der Waals surface area (Å²) in [4.78, 5) is 16.1. The number of anilines is 1. The van der Waals surface area contributed by atoms with Crippen LogP contribution in [0, 0.1) is 0 Å². The summed E-state index contributed by atoms with van der Waals surface area (Å²) in [6, 6.07) is -0.150. The van der Waals surface area contributed by atoms with E-state index in [9.17, 15) is 4.79 Å². The molecule has 0 radical (unpaired) electrons. The van der Waals surface area contributed by atoms with E-state index in [1.54, 1.807) is 6.20 Å². The molecule has 2 aromatic rings. The number of aryl methyl sites for hydroxylation is 1. The van der Waals surface area contributed by atoms with Gasteiger partial charge in [-0.05, 0) is 13.3 Å². The monoisotopic (exact) mass is 296 g/mol. The Bertz CT molecular complexity index is 609. The van der Waals surface area contributed by atoms with Crippen LogP contribution in [0.3, 0.4) is 0 Å². The van der Waals surface area contributed by atoms with Crippen LogP contribution < -0.4 is 10.9 Å². The molecule has 0 saturated heterocycles. The molecule has 0 spiro atoms. The van der Waals surface area contributed by atoms with Gasteiger partial charge in [0.05, 0.1) is 17.9 Å². The van der Waals surface area contributed by atoms with Crippen LogP contribution in [0.1, 0.15) is 38.6 Å². The zero-order chi connectivity index (χ0) is 14.5. The fourth-order valence-corrected chi connectivity index (χ4v) is 1.96. The highest BCUT2D eigenvalue weighted by atomic mass is 35.5. The number of aromatic amines is 1. The van der Waals surface area contributed by atoms with Crippen molar-refractivity contribution in [2.75, 3.05) is 5.32 Å². The first kappa shape index (κ1) is 14.5. The topological polar surface area (TPSA) is 88.5 Å². The lowest BCUT2D eigenvalue weighted by atomic mass is 10.3. The van der Waals surface area contributed by atoms with E-state index in [1.165, 1.54) is 11.0 Å². The van der Waals surface area contributed by atoms with Gasteiger partial charge in [-0.2, -0.15) is 10.2 Å². The maximum absolute atomic E-state index is 12.1. The van der Waals surface area contributed by atoms with Crippen LogP contribution in [0.4, 0.5) is 5.69 Å². The van der Waals surface area contributed by atoms with Gasteiger partial charge in [-0.1, -0.05) is 24.9 Å². The van der Waals surface area contributed by atoms with Crippen molar-refractivity contribution in [2.45, 2.75) is 39.3 Å². The summed E-state index contributed by atoms with van der Waals surface area (Å²) in [6.07, 6.45) is 4.88. The van der Waals surface area contributed by atoms with Gasteiger partial charge in [0.1, 0.15) is 17.2 Å². The SMILES string of the molecule is CCCCn1ncc(NC(C)c2ncn[nH]2)c(Cl)c1=O. The molecule has 2 aromatic heterocycles. The van der Waals surface area contributed by atoms with Gasteiger partial charge in [0.15, 0.2) is 0 Å². The lowest BCUT2D eigenvalue weighted by Gasteiger charge is -2.14. The average Bonchev–Trinajstić information content (AvgIpc) is 2.97. The van der Waals surface area contributed by atoms with E-state index in [4.69, 9.17) is 11.6 Å². The number of hydrogen-bond acceptors (Lipinski definition) is 5. The van der Waals surface area contributed by atoms with Gasteiger partial charge in [0, 0.05) is 6.54 Å². The molecule has 0 bridgehead atoms. The third-order valence-corrected chi connectivity index (χ3v) is 3.29. The van der Waals surface area contributed by atoms with E-state index in [0.717, 1.165) is 12.8 Å². The van der Waals surface area contributed by atoms with Crippen molar-refractivity contribution >= 4 is 17.3 Å². The summed E-state index contributed by atoms with van der Waals surface area (Å²) >= 11 is 6.10. The first-order chi connectivity index (χ1) is 9.63. The molecule has 1 atom stereocenters. The number of aromatic nitrogens is 5. The van der Waals surface area contributed by atoms with Crippen LogP contribution in [0.5, 0.6) is 0 Å². The fourth-order valence-electron chi connectivity index (χ4n) is 1.76. The predicted molar refractivity (Wildman–Crippen MR) is 76.8 cm³/mol. The van der Waals surface area contributed by atoms with Crippen LogP contribution in [-0.2, 0) is 6.54 Å². The summed E-state index contributed by atoms with van der Waals surface area (Å²) in [5, 5.41) is 13.9. The first-order valence-electron chi connectivity index (χ1n) is 6.51. The molecule has 0 saturated carbocycles. The molecular weight excluding hydrogens is 280 g/mol. The number of rotatable bonds is 6. The highest BCUT2D eigenvalue weighted by Gasteiger charge is 2.13. The highest BCUT2D eigenvalue weighted by molar-refractivity contribution is 6.32. The third kappa shape index (κ3) is 3.16. The molecule has 2 rings (SSSR count). The zero-order valence-corrected chi connectivity index (χ0v) is 12.2. The standard InChI is InChI=1S/C12H17ClN6O/c1-3-4-5-19-12(20)10(13)9(6-16-19)17-8(2)11-14-7-15-18-11/h6-8,17H,3-5H2,1-2H3,(H,14,15,18). The average molecular weight is 297 g/mol. The number of H-pyrrole nitrogens is 1. The molecule has 0 aromatic carbocycles. The van der Waals surface area contributed by atoms with Crippen LogP contribution in [-0.4, -0.2) is 25.0 Å². The minimum absolute atomic E-state index is 0.141. The second-order valence-corrected chi connectivity index (χ2v) is 4.87. The van der Waals surface area contributed by atoms with Crippen molar-refractivity contribution in [3.8, 4) is 0 Å². The molecule has 2 N–H and O–H groups in total. The van der Waals surface area contributed by atoms with Crippen molar-refractivity contribution in [3.63, 3.8) is 0 Å². The quantitative estimate of drug-likeness (QED) is 0.851. The number of unbranched alkanes of at least 4 members (excludes halogenated alkanes) is 1. The Balaban J connectivity index is 2.17. The van der Waals surface area contributed by atoms with Crippen molar-refractivity contribution in [1.82, 2.24) is 25.0 Å². The number of halogens is 1. The van der Waals surface area contributed by atoms with Gasteiger partial charge >= 0.3 is 0 Å². The van der Waals surface area contributed by atoms with Gasteiger partial charge < -0.3 is 5.32 Å². The van der Waals surface area contributed by atoms with Crippen molar-refractivity contribution in [1.29, 1.82) is 0 Å². The van der Waals surface area contributed by atoms with Gasteiger partial charge in [-0.15, -0.1) is 0 Å². The number of nitrogens with one attached hydrogen (secondary N) is 2. The van der Waals surface area contributed by atoms with Crippen LogP contribution in [0.25, 0.3) is 0 Å². The zero-order valence-electron chi connectivity index (χ0n) is 11.4. The summed E-state index contributed by atoms with van der Waals surface area (Å²) in [7, 11) is 0. The van der Waals surface area contributed by atoms with Gasteiger partial charge in [-0.3, -0.25) is 9.89 Å². The molecule has 8 heteroatoms. The Hall–Kier alpha value is -1.89. The molecule has 108 valence electrons. The minimum atomic E-state index is -0.283. The van der Waals surface area contributed by atoms with E-state index >= 15 is 0 Å². The lowest BCUT2D eigenvalue weighted by Crippen LogP contribution is -2.24. The van der Waals surface area contributed by atoms with Gasteiger partial charge in [0.25, 0.3) is 5.56 Å². The summed E-state index contributed by atoms with van der Waals surface area (Å²) in [6.45, 7) is 4.52. The molecule has 0 aliphatic rings. The van der Waals surface area contributed by atoms with E-state index < -0.39 is 0 Å². The Morgan fingerprint density at radius 2 is 2.35 bits per heavy atom. The molecule has 0 aliphatic carbocycles. The van der Waals surface area contributed by atoms with E-state index in [2.05, 4.69) is 32.5 Å². The van der Waals surface area contributed by atoms with Gasteiger partial charge in [0.2, 0.25) is 0 Å². The van der Waals surface area contributed by atoms with Crippen LogP contribution in [0.15, 0.2) is 17.3 Å². The lowest BCUT2D eigenvalue weighted by molar-refractivity contribution is 0.543. The number of hydrogen-bond donors (Lipinski definition) is 2. The second kappa shape index (κ2) is 6.51. The molecule has 2 heterocycles. The maximum Gasteiger partial charge on any atom is 0.287 e. The largest absolute Gasteiger partial charge is 0.373 e. The summed E-state index contributed by atoms with van der Waals surface area (Å²) in [5.41, 5.74) is 0.211. The van der Waals surface area contributed by atoms with Crippen LogP contribution >= 0.6 is 11.6 Å². The highest BCUT2D eigenvalue weighted by Crippen LogP contribution is 2.20. The van der Waals surface area contributed by atoms with E-state index in [1.807, 2.05) is 6.92 Å². The smallest absolute Gasteiger partial charge is 0.287 e. The van der Waals surface area contributed by atoms with E-state index in [0.29, 0.717) is 18.1 Å². The molecule has 20 heavy (non-hydrogen) atoms. The van der Waals surface area contributed by atoms with E-state index in [-0.39, 0.29) is 16.6 Å². The Labute approximate surface area is 121 Å². The minimum Gasteiger partial charge on any atom is -0.373 e. The molecule has 0 fully saturated rings. The molecule has 0 aliphatic heterocycles. The maximum atomic E-state index is 12.1. The Morgan fingerprint density at radius 1 is 1.55 bits per heavy atom. The Kier molecular flexibility index (Phi) is 4.73. The van der Waals surface area contributed by atoms with Crippen LogP contribution in [0.2, 0.25) is 5.02 Å². The van der Waals surface area contributed by atoms with Crippen molar-refractivity contribution in [3.05, 3.63) is 33.7 Å². The first-order valence-corrected chi connectivity index (χ1v) is 6.88. The molecular formula is C12H17ClN6O. The number of nitrogens with zero attached hydrogens (tertiary/aromatic N) is 4. The summed E-state index contributed by atoms with van der Waals surface area (Å²) < 4.78 is 1.39. The summed E-state index contributed by atoms with van der Waals surface area (Å²) in [5.74, 6) is 0.663. The van der Waals surface area contributed by atoms with Crippen molar-refractivity contribution in [2.24, 2.45) is 0 Å². The second-order valence-electron chi connectivity index (χ2n) is 4.49. The Morgan fingerprint density at radius 3 is 3.00 bits per heavy atom. The third-order valence-electron chi connectivity index (χ3n) is 2.92. The van der Waals surface area contributed by atoms with Crippen molar-refractivity contribution < 1.29 is 0 Å². The normalized spacial score (nSPS) is 12.3.